The van der Waals surface area contributed by atoms with Gasteiger partial charge in [0.1, 0.15) is 0 Å². The van der Waals surface area contributed by atoms with Crippen molar-refractivity contribution in [2.75, 3.05) is 26.2 Å². The number of likely N-dealkylation sites (tertiary alicyclic amines) is 2. The number of rotatable bonds is 4. The van der Waals surface area contributed by atoms with Gasteiger partial charge in [-0.25, -0.2) is 0 Å². The molecule has 2 aliphatic heterocycles. The molecule has 0 saturated carbocycles. The summed E-state index contributed by atoms with van der Waals surface area (Å²) in [5.41, 5.74) is 1.80. The van der Waals surface area contributed by atoms with Crippen LogP contribution in [0, 0.1) is 11.8 Å². The van der Waals surface area contributed by atoms with Crippen LogP contribution in [0.15, 0.2) is 24.3 Å². The molecule has 0 N–H and O–H groups in total. The smallest absolute Gasteiger partial charge is 0.298 e. The van der Waals surface area contributed by atoms with Crippen LogP contribution in [-0.2, 0) is 13.1 Å². The maximum Gasteiger partial charge on any atom is 0.393 e. The topological polar surface area (TPSA) is 6.48 Å². The van der Waals surface area contributed by atoms with Gasteiger partial charge in [0.15, 0.2) is 0 Å². The molecule has 2 heterocycles. The number of halogens is 6. The van der Waals surface area contributed by atoms with Crippen LogP contribution >= 0.6 is 0 Å². The molecule has 2 atom stereocenters. The van der Waals surface area contributed by atoms with E-state index in [4.69, 9.17) is 0 Å². The maximum atomic E-state index is 13.0. The van der Waals surface area contributed by atoms with Crippen LogP contribution < -0.4 is 0 Å². The van der Waals surface area contributed by atoms with E-state index in [1.807, 2.05) is 34.1 Å². The Balaban J connectivity index is 1.65. The zero-order valence-corrected chi connectivity index (χ0v) is 15.7. The summed E-state index contributed by atoms with van der Waals surface area (Å²) in [6.45, 7) is 2.00. The monoisotopic (exact) mass is 408 g/mol. The van der Waals surface area contributed by atoms with Crippen molar-refractivity contribution >= 4 is 0 Å². The van der Waals surface area contributed by atoms with Crippen molar-refractivity contribution < 1.29 is 26.3 Å². The highest BCUT2D eigenvalue weighted by Crippen LogP contribution is 2.35. The van der Waals surface area contributed by atoms with E-state index in [1.165, 1.54) is 0 Å². The van der Waals surface area contributed by atoms with Gasteiger partial charge >= 0.3 is 12.4 Å². The number of piperidine rings is 2. The van der Waals surface area contributed by atoms with Gasteiger partial charge in [0, 0.05) is 26.2 Å². The predicted molar refractivity (Wildman–Crippen MR) is 94.6 cm³/mol. The Morgan fingerprint density at radius 3 is 1.46 bits per heavy atom. The van der Waals surface area contributed by atoms with Gasteiger partial charge in [-0.2, -0.15) is 26.3 Å². The summed E-state index contributed by atoms with van der Waals surface area (Å²) in [7, 11) is 0. The molecule has 158 valence electrons. The van der Waals surface area contributed by atoms with Crippen molar-refractivity contribution in [3.05, 3.63) is 35.4 Å². The lowest BCUT2D eigenvalue weighted by molar-refractivity contribution is -0.188. The summed E-state index contributed by atoms with van der Waals surface area (Å²) in [4.78, 5) is 3.63. The van der Waals surface area contributed by atoms with Crippen molar-refractivity contribution in [2.24, 2.45) is 11.8 Å². The zero-order valence-electron chi connectivity index (χ0n) is 15.7. The van der Waals surface area contributed by atoms with Gasteiger partial charge in [-0.05, 0) is 49.9 Å². The molecule has 1 aromatic carbocycles. The summed E-state index contributed by atoms with van der Waals surface area (Å²) < 4.78 is 78.3. The lowest BCUT2D eigenvalue weighted by atomic mass is 9.95. The SMILES string of the molecule is FC(F)(F)C1CCCN(Cc2ccccc2CN2CCCC(C(F)(F)F)C2)C1. The van der Waals surface area contributed by atoms with Crippen molar-refractivity contribution in [2.45, 2.75) is 51.1 Å². The summed E-state index contributed by atoms with van der Waals surface area (Å²) in [5, 5.41) is 0. The molecular formula is C20H26F6N2. The second kappa shape index (κ2) is 8.61. The summed E-state index contributed by atoms with van der Waals surface area (Å²) >= 11 is 0. The molecule has 0 amide bonds. The van der Waals surface area contributed by atoms with Gasteiger partial charge in [-0.1, -0.05) is 24.3 Å². The Morgan fingerprint density at radius 1 is 0.714 bits per heavy atom. The molecule has 2 unspecified atom stereocenters. The molecule has 8 heteroatoms. The van der Waals surface area contributed by atoms with Crippen molar-refractivity contribution in [3.63, 3.8) is 0 Å². The van der Waals surface area contributed by atoms with Gasteiger partial charge in [0.2, 0.25) is 0 Å². The second-order valence-corrected chi connectivity index (χ2v) is 8.00. The van der Waals surface area contributed by atoms with E-state index in [-0.39, 0.29) is 25.9 Å². The highest BCUT2D eigenvalue weighted by molar-refractivity contribution is 5.27. The van der Waals surface area contributed by atoms with Crippen LogP contribution in [0.1, 0.15) is 36.8 Å². The molecule has 0 bridgehead atoms. The van der Waals surface area contributed by atoms with Crippen LogP contribution in [0.5, 0.6) is 0 Å². The first-order valence-electron chi connectivity index (χ1n) is 9.78. The van der Waals surface area contributed by atoms with Crippen LogP contribution in [-0.4, -0.2) is 48.3 Å². The van der Waals surface area contributed by atoms with E-state index in [2.05, 4.69) is 0 Å². The van der Waals surface area contributed by atoms with Gasteiger partial charge in [0.05, 0.1) is 11.8 Å². The number of nitrogens with zero attached hydrogens (tertiary/aromatic N) is 2. The molecule has 2 saturated heterocycles. The highest BCUT2D eigenvalue weighted by atomic mass is 19.4. The molecule has 28 heavy (non-hydrogen) atoms. The molecule has 0 radical (unpaired) electrons. The van der Waals surface area contributed by atoms with Gasteiger partial charge in [-0.3, -0.25) is 9.80 Å². The third-order valence-corrected chi connectivity index (χ3v) is 5.84. The molecule has 1 aromatic rings. The summed E-state index contributed by atoms with van der Waals surface area (Å²) in [5.74, 6) is -2.61. The first-order chi connectivity index (χ1) is 13.1. The fraction of sp³-hybridized carbons (Fsp3) is 0.700. The minimum absolute atomic E-state index is 0.0162. The van der Waals surface area contributed by atoms with Crippen LogP contribution in [0.25, 0.3) is 0 Å². The Bertz CT molecular complexity index is 587. The maximum absolute atomic E-state index is 13.0. The van der Waals surface area contributed by atoms with Crippen molar-refractivity contribution in [1.29, 1.82) is 0 Å². The lowest BCUT2D eigenvalue weighted by Crippen LogP contribution is -2.42. The fourth-order valence-electron chi connectivity index (χ4n) is 4.28. The fourth-order valence-corrected chi connectivity index (χ4v) is 4.28. The Hall–Kier alpha value is -1.28. The van der Waals surface area contributed by atoms with Gasteiger partial charge < -0.3 is 0 Å². The minimum Gasteiger partial charge on any atom is -0.298 e. The molecule has 2 fully saturated rings. The predicted octanol–water partition coefficient (Wildman–Crippen LogP) is 5.24. The molecular weight excluding hydrogens is 382 g/mol. The molecule has 0 aromatic heterocycles. The number of hydrogen-bond donors (Lipinski definition) is 0. The number of hydrogen-bond acceptors (Lipinski definition) is 2. The van der Waals surface area contributed by atoms with Crippen LogP contribution in [0.2, 0.25) is 0 Å². The normalized spacial score (nSPS) is 25.8. The standard InChI is InChI=1S/C20H26F6N2/c21-19(22,23)17-7-3-9-27(13-17)11-15-5-1-2-6-16(15)12-28-10-4-8-18(14-28)20(24,25)26/h1-2,5-6,17-18H,3-4,7-14H2. The van der Waals surface area contributed by atoms with Crippen LogP contribution in [0.4, 0.5) is 26.3 Å². The Kier molecular flexibility index (Phi) is 6.59. The van der Waals surface area contributed by atoms with E-state index in [9.17, 15) is 26.3 Å². The molecule has 2 nitrogen and oxygen atoms in total. The van der Waals surface area contributed by atoms with Gasteiger partial charge in [0.25, 0.3) is 0 Å². The quantitative estimate of drug-likeness (QED) is 0.629. The van der Waals surface area contributed by atoms with Crippen LogP contribution in [0.3, 0.4) is 0 Å². The van der Waals surface area contributed by atoms with Crippen molar-refractivity contribution in [3.8, 4) is 0 Å². The Labute approximate surface area is 161 Å². The van der Waals surface area contributed by atoms with E-state index >= 15 is 0 Å². The second-order valence-electron chi connectivity index (χ2n) is 8.00. The largest absolute Gasteiger partial charge is 0.393 e. The molecule has 3 rings (SSSR count). The highest BCUT2D eigenvalue weighted by Gasteiger charge is 2.42. The summed E-state index contributed by atoms with van der Waals surface area (Å²) in [6, 6.07) is 7.41. The van der Waals surface area contributed by atoms with Gasteiger partial charge in [-0.15, -0.1) is 0 Å². The van der Waals surface area contributed by atoms with E-state index < -0.39 is 24.2 Å². The van der Waals surface area contributed by atoms with Crippen molar-refractivity contribution in [1.82, 2.24) is 9.80 Å². The lowest BCUT2D eigenvalue weighted by Gasteiger charge is -2.35. The first-order valence-corrected chi connectivity index (χ1v) is 9.78. The van der Waals surface area contributed by atoms with E-state index in [0.717, 1.165) is 11.1 Å². The Morgan fingerprint density at radius 2 is 1.11 bits per heavy atom. The molecule has 0 spiro atoms. The third-order valence-electron chi connectivity index (χ3n) is 5.84. The average molecular weight is 408 g/mol. The minimum atomic E-state index is -4.18. The number of benzene rings is 1. The summed E-state index contributed by atoms with van der Waals surface area (Å²) in [6.07, 6.45) is -7.03. The molecule has 2 aliphatic rings. The van der Waals surface area contributed by atoms with E-state index in [1.54, 1.807) is 0 Å². The first kappa shape index (κ1) is 21.4. The molecule has 0 aliphatic carbocycles. The van der Waals surface area contributed by atoms with E-state index in [0.29, 0.717) is 39.0 Å². The third kappa shape index (κ3) is 5.63. The number of alkyl halides is 6. The average Bonchev–Trinajstić information content (AvgIpc) is 2.62. The zero-order chi connectivity index (χ0) is 20.4.